The number of nitrogens with one attached hydrogen (secondary N) is 2. The number of halogens is 1. The minimum atomic E-state index is -0.343. The molecule has 0 atom stereocenters. The second-order valence-corrected chi connectivity index (χ2v) is 7.32. The van der Waals surface area contributed by atoms with E-state index in [4.69, 9.17) is 0 Å². The smallest absolute Gasteiger partial charge is 0.256 e. The predicted octanol–water partition coefficient (Wildman–Crippen LogP) is 4.87. The van der Waals surface area contributed by atoms with Crippen LogP contribution in [0.3, 0.4) is 0 Å². The van der Waals surface area contributed by atoms with Crippen LogP contribution in [0.25, 0.3) is 0 Å². The van der Waals surface area contributed by atoms with Crippen LogP contribution >= 0.6 is 0 Å². The van der Waals surface area contributed by atoms with Gasteiger partial charge in [0.1, 0.15) is 11.6 Å². The first-order valence-corrected chi connectivity index (χ1v) is 8.94. The lowest BCUT2D eigenvalue weighted by atomic mass is 9.97. The minimum Gasteiger partial charge on any atom is -0.365 e. The third-order valence-corrected chi connectivity index (χ3v) is 4.68. The van der Waals surface area contributed by atoms with E-state index in [0.717, 1.165) is 24.0 Å². The first-order chi connectivity index (χ1) is 12.2. The van der Waals surface area contributed by atoms with Crippen LogP contribution in [0.1, 0.15) is 52.5 Å². The molecule has 0 aliphatic heterocycles. The van der Waals surface area contributed by atoms with Gasteiger partial charge in [-0.15, -0.1) is 0 Å². The summed E-state index contributed by atoms with van der Waals surface area (Å²) in [5, 5.41) is 6.22. The molecule has 1 aliphatic carbocycles. The highest BCUT2D eigenvalue weighted by Crippen LogP contribution is 2.36. The summed E-state index contributed by atoms with van der Waals surface area (Å²) in [4.78, 5) is 17.1. The molecule has 1 aliphatic rings. The highest BCUT2D eigenvalue weighted by atomic mass is 19.1. The van der Waals surface area contributed by atoms with Gasteiger partial charge in [0.2, 0.25) is 0 Å². The van der Waals surface area contributed by atoms with Gasteiger partial charge in [0.05, 0.1) is 0 Å². The molecule has 5 heteroatoms. The number of anilines is 1. The molecule has 26 heavy (non-hydrogen) atoms. The summed E-state index contributed by atoms with van der Waals surface area (Å²) in [6.45, 7) is 13.3. The number of hydrogen-bond donors (Lipinski definition) is 2. The van der Waals surface area contributed by atoms with Gasteiger partial charge in [-0.2, -0.15) is 0 Å². The molecule has 1 saturated carbocycles. The number of rotatable bonds is 7. The van der Waals surface area contributed by atoms with Crippen LogP contribution in [0.5, 0.6) is 0 Å². The van der Waals surface area contributed by atoms with Gasteiger partial charge >= 0.3 is 0 Å². The maximum Gasteiger partial charge on any atom is 0.256 e. The average Bonchev–Trinajstić information content (AvgIpc) is 3.30. The van der Waals surface area contributed by atoms with Crippen LogP contribution < -0.4 is 10.6 Å². The fraction of sp³-hybridized carbons (Fsp3) is 0.429. The number of amides is 1. The van der Waals surface area contributed by atoms with Crippen molar-refractivity contribution in [2.24, 2.45) is 4.99 Å². The highest BCUT2D eigenvalue weighted by Gasteiger charge is 2.38. The van der Waals surface area contributed by atoms with Crippen molar-refractivity contribution in [3.63, 3.8) is 0 Å². The molecule has 0 bridgehead atoms. The second-order valence-electron chi connectivity index (χ2n) is 7.32. The lowest BCUT2D eigenvalue weighted by molar-refractivity contribution is -0.112. The van der Waals surface area contributed by atoms with Crippen molar-refractivity contribution >= 4 is 18.3 Å². The Kier molecular flexibility index (Phi) is 6.01. The summed E-state index contributed by atoms with van der Waals surface area (Å²) >= 11 is 0. The predicted molar refractivity (Wildman–Crippen MR) is 106 cm³/mol. The largest absolute Gasteiger partial charge is 0.365 e. The Morgan fingerprint density at radius 2 is 2.00 bits per heavy atom. The normalized spacial score (nSPS) is 15.6. The van der Waals surface area contributed by atoms with Gasteiger partial charge < -0.3 is 10.6 Å². The Balaban J connectivity index is 2.36. The standard InChI is InChI=1S/C21H28FN3O/c1-7-16(19(23-6)25-21(5)10-11-21)18(13(2)3)20(26)24-15-9-8-14(4)17(22)12-15/h8-9,12,25H,6-7,10-11H2,1-5H3,(H,24,26)/b19-16-. The molecule has 0 heterocycles. The van der Waals surface area contributed by atoms with Crippen LogP contribution in [-0.2, 0) is 4.79 Å². The van der Waals surface area contributed by atoms with Gasteiger partial charge in [0, 0.05) is 22.4 Å². The average molecular weight is 357 g/mol. The van der Waals surface area contributed by atoms with Crippen molar-refractivity contribution in [3.8, 4) is 0 Å². The number of benzene rings is 1. The summed E-state index contributed by atoms with van der Waals surface area (Å²) in [5.74, 6) is 0.0347. The molecule has 0 saturated heterocycles. The van der Waals surface area contributed by atoms with E-state index in [1.807, 2.05) is 20.8 Å². The Morgan fingerprint density at radius 1 is 1.35 bits per heavy atom. The van der Waals surface area contributed by atoms with Crippen LogP contribution in [0.2, 0.25) is 0 Å². The van der Waals surface area contributed by atoms with E-state index in [1.54, 1.807) is 19.1 Å². The number of allylic oxidation sites excluding steroid dienone is 1. The summed E-state index contributed by atoms with van der Waals surface area (Å²) in [5.41, 5.74) is 3.25. The summed E-state index contributed by atoms with van der Waals surface area (Å²) < 4.78 is 13.8. The molecular weight excluding hydrogens is 329 g/mol. The van der Waals surface area contributed by atoms with E-state index >= 15 is 0 Å². The van der Waals surface area contributed by atoms with E-state index in [9.17, 15) is 9.18 Å². The number of aliphatic imine (C=N–C) groups is 1. The van der Waals surface area contributed by atoms with E-state index in [1.165, 1.54) is 6.07 Å². The SMILES string of the molecule is C=N/C(NC1(C)CC1)=C(\CC)C(C(=O)Nc1ccc(C)c(F)c1)=C(C)C. The van der Waals surface area contributed by atoms with Gasteiger partial charge in [-0.25, -0.2) is 9.38 Å². The van der Waals surface area contributed by atoms with Crippen molar-refractivity contribution in [1.82, 2.24) is 5.32 Å². The molecule has 2 N–H and O–H groups in total. The summed E-state index contributed by atoms with van der Waals surface area (Å²) in [6, 6.07) is 4.68. The fourth-order valence-corrected chi connectivity index (χ4v) is 2.80. The molecule has 1 aromatic rings. The van der Waals surface area contributed by atoms with Crippen molar-refractivity contribution in [2.75, 3.05) is 5.32 Å². The van der Waals surface area contributed by atoms with Gasteiger partial charge in [-0.05, 0) is 71.4 Å². The molecular formula is C21H28FN3O. The zero-order valence-electron chi connectivity index (χ0n) is 16.3. The Labute approximate surface area is 155 Å². The van der Waals surface area contributed by atoms with E-state index in [2.05, 4.69) is 29.3 Å². The lowest BCUT2D eigenvalue weighted by Gasteiger charge is -2.20. The van der Waals surface area contributed by atoms with Gasteiger partial charge in [0.25, 0.3) is 5.91 Å². The molecule has 0 aromatic heterocycles. The zero-order valence-corrected chi connectivity index (χ0v) is 16.3. The van der Waals surface area contributed by atoms with Crippen LogP contribution in [-0.4, -0.2) is 18.2 Å². The molecule has 1 fully saturated rings. The number of hydrogen-bond acceptors (Lipinski definition) is 3. The van der Waals surface area contributed by atoms with Gasteiger partial charge in [-0.1, -0.05) is 18.6 Å². The van der Waals surface area contributed by atoms with Crippen molar-refractivity contribution in [2.45, 2.75) is 59.4 Å². The van der Waals surface area contributed by atoms with Crippen molar-refractivity contribution < 1.29 is 9.18 Å². The first kappa shape index (κ1) is 19.9. The van der Waals surface area contributed by atoms with E-state index < -0.39 is 0 Å². The molecule has 0 radical (unpaired) electrons. The van der Waals surface area contributed by atoms with Crippen LogP contribution in [0.15, 0.2) is 45.7 Å². The van der Waals surface area contributed by atoms with Gasteiger partial charge in [0.15, 0.2) is 0 Å². The van der Waals surface area contributed by atoms with Crippen LogP contribution in [0, 0.1) is 12.7 Å². The Morgan fingerprint density at radius 3 is 2.46 bits per heavy atom. The van der Waals surface area contributed by atoms with Crippen LogP contribution in [0.4, 0.5) is 10.1 Å². The molecule has 4 nitrogen and oxygen atoms in total. The zero-order chi connectivity index (χ0) is 19.5. The Hall–Kier alpha value is -2.43. The fourth-order valence-electron chi connectivity index (χ4n) is 2.80. The molecule has 1 amide bonds. The topological polar surface area (TPSA) is 53.5 Å². The molecule has 0 unspecified atom stereocenters. The molecule has 140 valence electrons. The number of carbonyl (C=O) groups is 1. The maximum atomic E-state index is 13.8. The van der Waals surface area contributed by atoms with E-state index in [-0.39, 0.29) is 17.3 Å². The molecule has 1 aromatic carbocycles. The summed E-state index contributed by atoms with van der Waals surface area (Å²) in [7, 11) is 0. The third-order valence-electron chi connectivity index (χ3n) is 4.68. The minimum absolute atomic E-state index is 0.0280. The van der Waals surface area contributed by atoms with Gasteiger partial charge in [-0.3, -0.25) is 4.79 Å². The monoisotopic (exact) mass is 357 g/mol. The Bertz CT molecular complexity index is 784. The second kappa shape index (κ2) is 7.85. The number of carbonyl (C=O) groups excluding carboxylic acids is 1. The third kappa shape index (κ3) is 4.59. The quantitative estimate of drug-likeness (QED) is 0.415. The maximum absolute atomic E-state index is 13.8. The summed E-state index contributed by atoms with van der Waals surface area (Å²) in [6.07, 6.45) is 2.78. The van der Waals surface area contributed by atoms with E-state index in [0.29, 0.717) is 29.1 Å². The van der Waals surface area contributed by atoms with Crippen molar-refractivity contribution in [3.05, 3.63) is 52.1 Å². The number of aryl methyl sites for hydroxylation is 1. The number of nitrogens with zero attached hydrogens (tertiary/aromatic N) is 1. The first-order valence-electron chi connectivity index (χ1n) is 8.94. The highest BCUT2D eigenvalue weighted by molar-refractivity contribution is 6.07. The molecule has 2 rings (SSSR count). The van der Waals surface area contributed by atoms with Crippen molar-refractivity contribution in [1.29, 1.82) is 0 Å². The molecule has 0 spiro atoms. The lowest BCUT2D eigenvalue weighted by Crippen LogP contribution is -2.29.